The summed E-state index contributed by atoms with van der Waals surface area (Å²) in [6.45, 7) is 0. The Bertz CT molecular complexity index is 498. The van der Waals surface area contributed by atoms with Gasteiger partial charge in [-0.05, 0) is 49.4 Å². The molecule has 1 fully saturated rings. The van der Waals surface area contributed by atoms with Crippen molar-refractivity contribution in [3.63, 3.8) is 0 Å². The Morgan fingerprint density at radius 1 is 1.29 bits per heavy atom. The molecular weight excluding hydrogens is 210 g/mol. The van der Waals surface area contributed by atoms with Crippen LogP contribution in [0.3, 0.4) is 0 Å². The van der Waals surface area contributed by atoms with Crippen LogP contribution in [0.25, 0.3) is 5.69 Å². The van der Waals surface area contributed by atoms with E-state index in [0.29, 0.717) is 0 Å². The normalized spacial score (nSPS) is 17.0. The lowest BCUT2D eigenvalue weighted by molar-refractivity contribution is 0.609. The number of hydrogen-bond donors (Lipinski definition) is 1. The minimum Gasteiger partial charge on any atom is -0.325 e. The van der Waals surface area contributed by atoms with E-state index < -0.39 is 0 Å². The van der Waals surface area contributed by atoms with E-state index in [9.17, 15) is 0 Å². The summed E-state index contributed by atoms with van der Waals surface area (Å²) in [5.74, 6) is 0. The summed E-state index contributed by atoms with van der Waals surface area (Å²) < 4.78 is 1.89. The topological polar surface area (TPSA) is 43.8 Å². The van der Waals surface area contributed by atoms with Gasteiger partial charge in [-0.2, -0.15) is 5.10 Å². The SMILES string of the molecule is NC1(CCc2cccc(-n3cccn3)c2)CC1. The third-order valence-electron chi connectivity index (χ3n) is 3.48. The molecule has 0 bridgehead atoms. The summed E-state index contributed by atoms with van der Waals surface area (Å²) in [5.41, 5.74) is 8.71. The molecule has 17 heavy (non-hydrogen) atoms. The molecule has 3 nitrogen and oxygen atoms in total. The van der Waals surface area contributed by atoms with Gasteiger partial charge in [-0.3, -0.25) is 0 Å². The van der Waals surface area contributed by atoms with E-state index in [1.54, 1.807) is 6.20 Å². The number of rotatable bonds is 4. The summed E-state index contributed by atoms with van der Waals surface area (Å²) >= 11 is 0. The summed E-state index contributed by atoms with van der Waals surface area (Å²) in [7, 11) is 0. The Balaban J connectivity index is 1.75. The molecule has 1 aromatic carbocycles. The van der Waals surface area contributed by atoms with Crippen LogP contribution in [0, 0.1) is 0 Å². The Morgan fingerprint density at radius 3 is 2.88 bits per heavy atom. The molecule has 1 heterocycles. The second kappa shape index (κ2) is 4.00. The lowest BCUT2D eigenvalue weighted by Gasteiger charge is -2.09. The molecular formula is C14H17N3. The molecule has 1 aliphatic carbocycles. The molecule has 2 aromatic rings. The second-order valence-corrected chi connectivity index (χ2v) is 4.98. The molecule has 1 aromatic heterocycles. The van der Waals surface area contributed by atoms with Crippen LogP contribution in [0.2, 0.25) is 0 Å². The first-order valence-corrected chi connectivity index (χ1v) is 6.13. The van der Waals surface area contributed by atoms with Gasteiger partial charge in [0, 0.05) is 17.9 Å². The van der Waals surface area contributed by atoms with Gasteiger partial charge in [0.15, 0.2) is 0 Å². The van der Waals surface area contributed by atoms with Crippen molar-refractivity contribution >= 4 is 0 Å². The predicted molar refractivity (Wildman–Crippen MR) is 68.0 cm³/mol. The Hall–Kier alpha value is -1.61. The van der Waals surface area contributed by atoms with Crippen molar-refractivity contribution in [2.24, 2.45) is 5.73 Å². The lowest BCUT2D eigenvalue weighted by Crippen LogP contribution is -2.22. The number of aromatic nitrogens is 2. The highest BCUT2D eigenvalue weighted by atomic mass is 15.3. The van der Waals surface area contributed by atoms with E-state index in [1.807, 2.05) is 16.9 Å². The van der Waals surface area contributed by atoms with Gasteiger partial charge in [0.2, 0.25) is 0 Å². The molecule has 0 spiro atoms. The summed E-state index contributed by atoms with van der Waals surface area (Å²) in [5, 5.41) is 4.24. The number of aryl methyl sites for hydroxylation is 1. The Morgan fingerprint density at radius 2 is 2.18 bits per heavy atom. The Kier molecular flexibility index (Phi) is 2.48. The number of nitrogens with two attached hydrogens (primary N) is 1. The highest BCUT2D eigenvalue weighted by molar-refractivity contribution is 5.35. The van der Waals surface area contributed by atoms with Gasteiger partial charge in [0.25, 0.3) is 0 Å². The maximum Gasteiger partial charge on any atom is 0.0648 e. The van der Waals surface area contributed by atoms with Crippen LogP contribution >= 0.6 is 0 Å². The van der Waals surface area contributed by atoms with Gasteiger partial charge < -0.3 is 5.73 Å². The van der Waals surface area contributed by atoms with Crippen LogP contribution in [-0.2, 0) is 6.42 Å². The van der Waals surface area contributed by atoms with Gasteiger partial charge in [0.05, 0.1) is 5.69 Å². The first-order chi connectivity index (χ1) is 8.25. The summed E-state index contributed by atoms with van der Waals surface area (Å²) in [6.07, 6.45) is 8.29. The molecule has 0 radical (unpaired) electrons. The van der Waals surface area contributed by atoms with Crippen molar-refractivity contribution in [1.29, 1.82) is 0 Å². The smallest absolute Gasteiger partial charge is 0.0648 e. The molecule has 0 atom stereocenters. The fourth-order valence-corrected chi connectivity index (χ4v) is 2.08. The zero-order valence-corrected chi connectivity index (χ0v) is 9.84. The zero-order chi connectivity index (χ0) is 11.7. The molecule has 0 saturated heterocycles. The van der Waals surface area contributed by atoms with E-state index in [0.717, 1.165) is 18.5 Å². The third kappa shape index (κ3) is 2.39. The quantitative estimate of drug-likeness (QED) is 0.871. The first kappa shape index (κ1) is 10.5. The van der Waals surface area contributed by atoms with E-state index in [-0.39, 0.29) is 5.54 Å². The Labute approximate surface area is 101 Å². The number of hydrogen-bond acceptors (Lipinski definition) is 2. The standard InChI is InChI=1S/C14H17N3/c15-14(7-8-14)6-5-12-3-1-4-13(11-12)17-10-2-9-16-17/h1-4,9-11H,5-8,15H2. The van der Waals surface area contributed by atoms with Crippen LogP contribution in [-0.4, -0.2) is 15.3 Å². The van der Waals surface area contributed by atoms with E-state index in [2.05, 4.69) is 29.4 Å². The highest BCUT2D eigenvalue weighted by Gasteiger charge is 2.37. The molecule has 0 amide bonds. The van der Waals surface area contributed by atoms with E-state index >= 15 is 0 Å². The minimum absolute atomic E-state index is 0.141. The van der Waals surface area contributed by atoms with Gasteiger partial charge >= 0.3 is 0 Å². The molecule has 1 aliphatic rings. The molecule has 0 aliphatic heterocycles. The lowest BCUT2D eigenvalue weighted by atomic mass is 10.0. The van der Waals surface area contributed by atoms with Crippen molar-refractivity contribution in [3.8, 4) is 5.69 Å². The summed E-state index contributed by atoms with van der Waals surface area (Å²) in [4.78, 5) is 0. The molecule has 88 valence electrons. The minimum atomic E-state index is 0.141. The maximum absolute atomic E-state index is 6.11. The van der Waals surface area contributed by atoms with Crippen LogP contribution in [0.4, 0.5) is 0 Å². The molecule has 3 rings (SSSR count). The van der Waals surface area contributed by atoms with Crippen LogP contribution in [0.1, 0.15) is 24.8 Å². The molecule has 0 unspecified atom stereocenters. The van der Waals surface area contributed by atoms with Crippen molar-refractivity contribution in [2.75, 3.05) is 0 Å². The predicted octanol–water partition coefficient (Wildman–Crippen LogP) is 2.30. The van der Waals surface area contributed by atoms with Crippen LogP contribution in [0.15, 0.2) is 42.7 Å². The average Bonchev–Trinajstić information content (AvgIpc) is 2.88. The molecule has 3 heteroatoms. The van der Waals surface area contributed by atoms with E-state index in [4.69, 9.17) is 5.73 Å². The third-order valence-corrected chi connectivity index (χ3v) is 3.48. The van der Waals surface area contributed by atoms with Crippen molar-refractivity contribution in [3.05, 3.63) is 48.3 Å². The van der Waals surface area contributed by atoms with Gasteiger partial charge in [-0.25, -0.2) is 4.68 Å². The molecule has 1 saturated carbocycles. The number of nitrogens with zero attached hydrogens (tertiary/aromatic N) is 2. The maximum atomic E-state index is 6.11. The first-order valence-electron chi connectivity index (χ1n) is 6.13. The van der Waals surface area contributed by atoms with Crippen LogP contribution < -0.4 is 5.73 Å². The van der Waals surface area contributed by atoms with Crippen molar-refractivity contribution in [1.82, 2.24) is 9.78 Å². The van der Waals surface area contributed by atoms with Crippen LogP contribution in [0.5, 0.6) is 0 Å². The van der Waals surface area contributed by atoms with Crippen molar-refractivity contribution < 1.29 is 0 Å². The van der Waals surface area contributed by atoms with E-state index in [1.165, 1.54) is 18.4 Å². The fourth-order valence-electron chi connectivity index (χ4n) is 2.08. The number of benzene rings is 1. The molecule has 2 N–H and O–H groups in total. The zero-order valence-electron chi connectivity index (χ0n) is 9.84. The van der Waals surface area contributed by atoms with Crippen molar-refractivity contribution in [2.45, 2.75) is 31.2 Å². The van der Waals surface area contributed by atoms with Gasteiger partial charge in [-0.1, -0.05) is 12.1 Å². The largest absolute Gasteiger partial charge is 0.325 e. The highest BCUT2D eigenvalue weighted by Crippen LogP contribution is 2.36. The average molecular weight is 227 g/mol. The second-order valence-electron chi connectivity index (χ2n) is 4.98. The monoisotopic (exact) mass is 227 g/mol. The van der Waals surface area contributed by atoms with Gasteiger partial charge in [-0.15, -0.1) is 0 Å². The summed E-state index contributed by atoms with van der Waals surface area (Å²) in [6, 6.07) is 10.5. The fraction of sp³-hybridized carbons (Fsp3) is 0.357. The van der Waals surface area contributed by atoms with Gasteiger partial charge in [0.1, 0.15) is 0 Å².